The summed E-state index contributed by atoms with van der Waals surface area (Å²) in [6, 6.07) is 3.87. The lowest BCUT2D eigenvalue weighted by Gasteiger charge is -2.29. The zero-order valence-electron chi connectivity index (χ0n) is 11.5. The van der Waals surface area contributed by atoms with Crippen LogP contribution in [0.5, 0.6) is 0 Å². The summed E-state index contributed by atoms with van der Waals surface area (Å²) in [5.41, 5.74) is 6.21. The number of carbonyl (C=O) groups is 1. The maximum atomic E-state index is 12.3. The standard InChI is InChI=1S/C14H23N3O/c1-14(2,3)13(18)17(9-5-7-15)11-12-6-4-8-16-10-12/h4,6,8,10H,5,7,9,11,15H2,1-3H3. The maximum absolute atomic E-state index is 12.3. The van der Waals surface area contributed by atoms with Gasteiger partial charge in [0.15, 0.2) is 0 Å². The van der Waals surface area contributed by atoms with Gasteiger partial charge in [0.25, 0.3) is 0 Å². The highest BCUT2D eigenvalue weighted by molar-refractivity contribution is 5.81. The molecule has 1 amide bonds. The molecule has 100 valence electrons. The van der Waals surface area contributed by atoms with Crippen molar-refractivity contribution in [2.75, 3.05) is 13.1 Å². The highest BCUT2D eigenvalue weighted by atomic mass is 16.2. The zero-order valence-corrected chi connectivity index (χ0v) is 11.5. The van der Waals surface area contributed by atoms with Crippen molar-refractivity contribution in [3.05, 3.63) is 30.1 Å². The highest BCUT2D eigenvalue weighted by Gasteiger charge is 2.26. The van der Waals surface area contributed by atoms with Crippen molar-refractivity contribution in [2.45, 2.75) is 33.7 Å². The molecule has 4 nitrogen and oxygen atoms in total. The molecular weight excluding hydrogens is 226 g/mol. The van der Waals surface area contributed by atoms with Gasteiger partial charge >= 0.3 is 0 Å². The summed E-state index contributed by atoms with van der Waals surface area (Å²) in [7, 11) is 0. The van der Waals surface area contributed by atoms with E-state index in [0.29, 0.717) is 19.6 Å². The third-order valence-electron chi connectivity index (χ3n) is 2.66. The van der Waals surface area contributed by atoms with Gasteiger partial charge < -0.3 is 10.6 Å². The van der Waals surface area contributed by atoms with Crippen LogP contribution in [0.25, 0.3) is 0 Å². The van der Waals surface area contributed by atoms with E-state index in [2.05, 4.69) is 4.98 Å². The third-order valence-corrected chi connectivity index (χ3v) is 2.66. The summed E-state index contributed by atoms with van der Waals surface area (Å²) >= 11 is 0. The van der Waals surface area contributed by atoms with Crippen LogP contribution in [0.15, 0.2) is 24.5 Å². The first-order valence-electron chi connectivity index (χ1n) is 6.33. The number of rotatable bonds is 5. The maximum Gasteiger partial charge on any atom is 0.228 e. The molecule has 1 aromatic rings. The molecule has 0 unspecified atom stereocenters. The highest BCUT2D eigenvalue weighted by Crippen LogP contribution is 2.19. The van der Waals surface area contributed by atoms with Crippen molar-refractivity contribution in [1.29, 1.82) is 0 Å². The third kappa shape index (κ3) is 4.45. The van der Waals surface area contributed by atoms with E-state index in [1.807, 2.05) is 37.8 Å². The number of pyridine rings is 1. The molecule has 1 rings (SSSR count). The van der Waals surface area contributed by atoms with Crippen molar-refractivity contribution in [1.82, 2.24) is 9.88 Å². The fourth-order valence-electron chi connectivity index (χ4n) is 1.72. The van der Waals surface area contributed by atoms with E-state index in [9.17, 15) is 4.79 Å². The predicted octanol–water partition coefficient (Wildman–Crippen LogP) is 1.81. The monoisotopic (exact) mass is 249 g/mol. The molecule has 0 aliphatic carbocycles. The van der Waals surface area contributed by atoms with Crippen LogP contribution in [-0.4, -0.2) is 28.9 Å². The Hall–Kier alpha value is -1.42. The lowest BCUT2D eigenvalue weighted by Crippen LogP contribution is -2.40. The average molecular weight is 249 g/mol. The SMILES string of the molecule is CC(C)(C)C(=O)N(CCCN)Cc1cccnc1. The van der Waals surface area contributed by atoms with Gasteiger partial charge in [-0.25, -0.2) is 0 Å². The molecule has 0 bridgehead atoms. The van der Waals surface area contributed by atoms with Crippen molar-refractivity contribution >= 4 is 5.91 Å². The molecule has 0 aliphatic heterocycles. The Morgan fingerprint density at radius 2 is 2.17 bits per heavy atom. The Morgan fingerprint density at radius 1 is 1.44 bits per heavy atom. The van der Waals surface area contributed by atoms with Crippen LogP contribution in [0.2, 0.25) is 0 Å². The fraction of sp³-hybridized carbons (Fsp3) is 0.571. The second-order valence-corrected chi connectivity index (χ2v) is 5.48. The van der Waals surface area contributed by atoms with Crippen LogP contribution >= 0.6 is 0 Å². The first kappa shape index (κ1) is 14.6. The Kier molecular flexibility index (Phi) is 5.28. The number of nitrogens with zero attached hydrogens (tertiary/aromatic N) is 2. The lowest BCUT2D eigenvalue weighted by molar-refractivity contribution is -0.140. The quantitative estimate of drug-likeness (QED) is 0.865. The molecule has 1 aromatic heterocycles. The van der Waals surface area contributed by atoms with Crippen LogP contribution < -0.4 is 5.73 Å². The zero-order chi connectivity index (χ0) is 13.6. The van der Waals surface area contributed by atoms with Crippen LogP contribution in [-0.2, 0) is 11.3 Å². The molecule has 0 saturated carbocycles. The van der Waals surface area contributed by atoms with Gasteiger partial charge in [-0.3, -0.25) is 9.78 Å². The molecule has 1 heterocycles. The molecular formula is C14H23N3O. The molecule has 0 fully saturated rings. The second-order valence-electron chi connectivity index (χ2n) is 5.48. The van der Waals surface area contributed by atoms with Gasteiger partial charge in [-0.15, -0.1) is 0 Å². The average Bonchev–Trinajstić information content (AvgIpc) is 2.33. The Balaban J connectivity index is 2.76. The second kappa shape index (κ2) is 6.50. The molecule has 4 heteroatoms. The number of nitrogens with two attached hydrogens (primary N) is 1. The molecule has 0 aromatic carbocycles. The van der Waals surface area contributed by atoms with Gasteiger partial charge in [-0.1, -0.05) is 26.8 Å². The fourth-order valence-corrected chi connectivity index (χ4v) is 1.72. The lowest BCUT2D eigenvalue weighted by atomic mass is 9.94. The van der Waals surface area contributed by atoms with Crippen molar-refractivity contribution in [3.63, 3.8) is 0 Å². The summed E-state index contributed by atoms with van der Waals surface area (Å²) in [5.74, 6) is 0.153. The van der Waals surface area contributed by atoms with Gasteiger partial charge in [-0.2, -0.15) is 0 Å². The largest absolute Gasteiger partial charge is 0.338 e. The Morgan fingerprint density at radius 3 is 2.67 bits per heavy atom. The minimum Gasteiger partial charge on any atom is -0.338 e. The van der Waals surface area contributed by atoms with Gasteiger partial charge in [0.05, 0.1) is 0 Å². The molecule has 2 N–H and O–H groups in total. The molecule has 0 radical (unpaired) electrons. The van der Waals surface area contributed by atoms with Crippen molar-refractivity contribution < 1.29 is 4.79 Å². The van der Waals surface area contributed by atoms with E-state index in [1.165, 1.54) is 0 Å². The molecule has 0 saturated heterocycles. The Bertz CT molecular complexity index is 370. The van der Waals surface area contributed by atoms with Crippen molar-refractivity contribution in [3.8, 4) is 0 Å². The van der Waals surface area contributed by atoms with Crippen LogP contribution in [0.1, 0.15) is 32.8 Å². The normalized spacial score (nSPS) is 11.3. The van der Waals surface area contributed by atoms with Gasteiger partial charge in [0.1, 0.15) is 0 Å². The first-order valence-corrected chi connectivity index (χ1v) is 6.33. The van der Waals surface area contributed by atoms with Gasteiger partial charge in [-0.05, 0) is 24.6 Å². The van der Waals surface area contributed by atoms with E-state index in [1.54, 1.807) is 12.4 Å². The topological polar surface area (TPSA) is 59.2 Å². The van der Waals surface area contributed by atoms with Crippen LogP contribution in [0.3, 0.4) is 0 Å². The summed E-state index contributed by atoms with van der Waals surface area (Å²) in [6.07, 6.45) is 4.35. The van der Waals surface area contributed by atoms with Gasteiger partial charge in [0.2, 0.25) is 5.91 Å². The van der Waals surface area contributed by atoms with E-state index < -0.39 is 0 Å². The summed E-state index contributed by atoms with van der Waals surface area (Å²) < 4.78 is 0. The van der Waals surface area contributed by atoms with E-state index >= 15 is 0 Å². The Labute approximate surface area is 109 Å². The summed E-state index contributed by atoms with van der Waals surface area (Å²) in [4.78, 5) is 18.3. The molecule has 18 heavy (non-hydrogen) atoms. The number of hydrogen-bond donors (Lipinski definition) is 1. The van der Waals surface area contributed by atoms with E-state index in [-0.39, 0.29) is 11.3 Å². The minimum atomic E-state index is -0.364. The smallest absolute Gasteiger partial charge is 0.228 e. The number of aromatic nitrogens is 1. The van der Waals surface area contributed by atoms with E-state index in [4.69, 9.17) is 5.73 Å². The first-order chi connectivity index (χ1) is 8.45. The van der Waals surface area contributed by atoms with Crippen LogP contribution in [0, 0.1) is 5.41 Å². The van der Waals surface area contributed by atoms with Crippen LogP contribution in [0.4, 0.5) is 0 Å². The number of carbonyl (C=O) groups excluding carboxylic acids is 1. The predicted molar refractivity (Wildman–Crippen MR) is 72.8 cm³/mol. The number of amides is 1. The molecule has 0 atom stereocenters. The molecule has 0 aliphatic rings. The summed E-state index contributed by atoms with van der Waals surface area (Å²) in [6.45, 7) is 7.71. The van der Waals surface area contributed by atoms with Gasteiger partial charge in [0, 0.05) is 30.9 Å². The molecule has 0 spiro atoms. The summed E-state index contributed by atoms with van der Waals surface area (Å²) in [5, 5.41) is 0. The number of hydrogen-bond acceptors (Lipinski definition) is 3. The minimum absolute atomic E-state index is 0.153. The van der Waals surface area contributed by atoms with E-state index in [0.717, 1.165) is 12.0 Å². The van der Waals surface area contributed by atoms with Crippen molar-refractivity contribution in [2.24, 2.45) is 11.1 Å².